The largest absolute Gasteiger partial charge is 0.393 e. The van der Waals surface area contributed by atoms with Crippen LogP contribution in [0, 0.1) is 5.92 Å². The van der Waals surface area contributed by atoms with Gasteiger partial charge in [-0.05, 0) is 31.2 Å². The van der Waals surface area contributed by atoms with Crippen LogP contribution in [-0.4, -0.2) is 15.9 Å². The summed E-state index contributed by atoms with van der Waals surface area (Å²) in [7, 11) is 0. The molecule has 4 nitrogen and oxygen atoms in total. The number of thiocarbonyl (C=S) groups is 1. The maximum Gasteiger partial charge on any atom is 0.234 e. The molecular formula is C13H12ClN3OS. The quantitative estimate of drug-likeness (QED) is 0.854. The fourth-order valence-corrected chi connectivity index (χ4v) is 1.93. The van der Waals surface area contributed by atoms with E-state index in [0.717, 1.165) is 5.39 Å². The number of nitrogens with two attached hydrogens (primary N) is 1. The summed E-state index contributed by atoms with van der Waals surface area (Å²) in [6.07, 6.45) is 1.64. The summed E-state index contributed by atoms with van der Waals surface area (Å²) in [5, 5.41) is 4.13. The number of amides is 1. The van der Waals surface area contributed by atoms with Crippen LogP contribution in [0.3, 0.4) is 0 Å². The number of nitrogens with zero attached hydrogens (tertiary/aromatic N) is 1. The summed E-state index contributed by atoms with van der Waals surface area (Å²) in [6, 6.07) is 7.06. The summed E-state index contributed by atoms with van der Waals surface area (Å²) >= 11 is 10.9. The molecule has 0 saturated heterocycles. The number of anilines is 1. The van der Waals surface area contributed by atoms with Gasteiger partial charge in [-0.1, -0.05) is 23.8 Å². The summed E-state index contributed by atoms with van der Waals surface area (Å²) < 4.78 is 0. The summed E-state index contributed by atoms with van der Waals surface area (Å²) in [5.74, 6) is -0.800. The molecule has 2 rings (SSSR count). The van der Waals surface area contributed by atoms with E-state index in [1.165, 1.54) is 0 Å². The fourth-order valence-electron chi connectivity index (χ4n) is 1.61. The van der Waals surface area contributed by atoms with E-state index in [-0.39, 0.29) is 10.9 Å². The molecule has 3 N–H and O–H groups in total. The molecule has 0 fully saturated rings. The first-order valence-electron chi connectivity index (χ1n) is 5.64. The fraction of sp³-hybridized carbons (Fsp3) is 0.154. The van der Waals surface area contributed by atoms with Crippen molar-refractivity contribution in [3.05, 3.63) is 35.5 Å². The average molecular weight is 294 g/mol. The molecular weight excluding hydrogens is 282 g/mol. The molecule has 0 spiro atoms. The number of hydrogen-bond acceptors (Lipinski definition) is 3. The minimum atomic E-state index is -0.538. The number of halogens is 1. The first kappa shape index (κ1) is 13.7. The molecule has 0 saturated carbocycles. The van der Waals surface area contributed by atoms with Crippen LogP contribution < -0.4 is 11.1 Å². The lowest BCUT2D eigenvalue weighted by molar-refractivity contribution is -0.117. The Balaban J connectivity index is 2.39. The lowest BCUT2D eigenvalue weighted by atomic mass is 10.1. The van der Waals surface area contributed by atoms with Crippen molar-refractivity contribution in [1.29, 1.82) is 0 Å². The van der Waals surface area contributed by atoms with Crippen molar-refractivity contribution >= 4 is 51.3 Å². The van der Waals surface area contributed by atoms with Gasteiger partial charge in [0.15, 0.2) is 0 Å². The normalized spacial score (nSPS) is 12.1. The van der Waals surface area contributed by atoms with Crippen molar-refractivity contribution < 1.29 is 4.79 Å². The van der Waals surface area contributed by atoms with E-state index in [1.54, 1.807) is 31.3 Å². The zero-order valence-electron chi connectivity index (χ0n) is 10.2. The van der Waals surface area contributed by atoms with Gasteiger partial charge >= 0.3 is 0 Å². The predicted octanol–water partition coefficient (Wildman–Crippen LogP) is 2.75. The zero-order chi connectivity index (χ0) is 14.0. The molecule has 1 aromatic heterocycles. The second-order valence-corrected chi connectivity index (χ2v) is 4.99. The minimum Gasteiger partial charge on any atom is -0.393 e. The summed E-state index contributed by atoms with van der Waals surface area (Å²) in [6.45, 7) is 1.66. The Morgan fingerprint density at radius 1 is 1.47 bits per heavy atom. The maximum absolute atomic E-state index is 11.9. The van der Waals surface area contributed by atoms with E-state index in [4.69, 9.17) is 29.6 Å². The van der Waals surface area contributed by atoms with Gasteiger partial charge in [0.1, 0.15) is 0 Å². The molecule has 0 aliphatic carbocycles. The first-order chi connectivity index (χ1) is 9.00. The van der Waals surface area contributed by atoms with Gasteiger partial charge in [-0.25, -0.2) is 0 Å². The number of nitrogens with one attached hydrogen (secondary N) is 1. The molecule has 0 radical (unpaired) electrons. The zero-order valence-corrected chi connectivity index (χ0v) is 11.8. The lowest BCUT2D eigenvalue weighted by Gasteiger charge is -2.12. The molecule has 0 aliphatic heterocycles. The van der Waals surface area contributed by atoms with E-state index in [2.05, 4.69) is 10.3 Å². The highest BCUT2D eigenvalue weighted by Crippen LogP contribution is 2.28. The average Bonchev–Trinajstić information content (AvgIpc) is 2.41. The Labute approximate surface area is 121 Å². The highest BCUT2D eigenvalue weighted by molar-refractivity contribution is 7.80. The minimum absolute atomic E-state index is 0.156. The number of carbonyl (C=O) groups is 1. The summed E-state index contributed by atoms with van der Waals surface area (Å²) in [5.41, 5.74) is 6.69. The number of rotatable bonds is 3. The Kier molecular flexibility index (Phi) is 3.97. The second-order valence-electron chi connectivity index (χ2n) is 4.11. The molecule has 1 heterocycles. The molecule has 0 bridgehead atoms. The molecule has 2 aromatic rings. The number of carbonyl (C=O) groups excluding carboxylic acids is 1. The highest BCUT2D eigenvalue weighted by atomic mass is 35.5. The lowest BCUT2D eigenvalue weighted by Crippen LogP contribution is -2.30. The Hall–Kier alpha value is -1.72. The molecule has 1 atom stereocenters. The van der Waals surface area contributed by atoms with Crippen LogP contribution in [0.15, 0.2) is 30.5 Å². The van der Waals surface area contributed by atoms with Crippen molar-refractivity contribution in [1.82, 2.24) is 4.98 Å². The van der Waals surface area contributed by atoms with E-state index >= 15 is 0 Å². The van der Waals surface area contributed by atoms with Gasteiger partial charge in [0.25, 0.3) is 0 Å². The Morgan fingerprint density at radius 2 is 2.21 bits per heavy atom. The molecule has 6 heteroatoms. The Morgan fingerprint density at radius 3 is 2.89 bits per heavy atom. The number of fused-ring (bicyclic) bond motifs is 1. The van der Waals surface area contributed by atoms with Crippen molar-refractivity contribution in [2.24, 2.45) is 11.7 Å². The molecule has 98 valence electrons. The van der Waals surface area contributed by atoms with Crippen LogP contribution in [0.5, 0.6) is 0 Å². The monoisotopic (exact) mass is 293 g/mol. The Bertz CT molecular complexity index is 659. The van der Waals surface area contributed by atoms with Gasteiger partial charge in [-0.2, -0.15) is 0 Å². The third kappa shape index (κ3) is 2.83. The van der Waals surface area contributed by atoms with Crippen LogP contribution in [0.2, 0.25) is 5.02 Å². The molecule has 1 amide bonds. The van der Waals surface area contributed by atoms with Gasteiger partial charge in [0.05, 0.1) is 27.1 Å². The number of aromatic nitrogens is 1. The van der Waals surface area contributed by atoms with Crippen LogP contribution in [-0.2, 0) is 4.79 Å². The van der Waals surface area contributed by atoms with E-state index in [9.17, 15) is 4.79 Å². The van der Waals surface area contributed by atoms with Crippen molar-refractivity contribution in [3.63, 3.8) is 0 Å². The summed E-state index contributed by atoms with van der Waals surface area (Å²) in [4.78, 5) is 16.3. The topological polar surface area (TPSA) is 68.0 Å². The van der Waals surface area contributed by atoms with Gasteiger partial charge in [-0.15, -0.1) is 0 Å². The third-order valence-electron chi connectivity index (χ3n) is 2.79. The SMILES string of the molecule is CC(C(=O)Nc1ccc(Cl)c2cccnc12)C(N)=S. The standard InChI is InChI=1S/C13H12ClN3OS/c1-7(12(15)19)13(18)17-10-5-4-9(14)8-3-2-6-16-11(8)10/h2-7H,1H3,(H2,15,19)(H,17,18). The highest BCUT2D eigenvalue weighted by Gasteiger charge is 2.17. The number of benzene rings is 1. The van der Waals surface area contributed by atoms with Gasteiger partial charge in [0.2, 0.25) is 5.91 Å². The number of hydrogen-bond donors (Lipinski definition) is 2. The van der Waals surface area contributed by atoms with Gasteiger partial charge in [0, 0.05) is 11.6 Å². The van der Waals surface area contributed by atoms with Crippen LogP contribution in [0.25, 0.3) is 10.9 Å². The number of pyridine rings is 1. The van der Waals surface area contributed by atoms with E-state index in [0.29, 0.717) is 16.2 Å². The van der Waals surface area contributed by atoms with Crippen molar-refractivity contribution in [3.8, 4) is 0 Å². The first-order valence-corrected chi connectivity index (χ1v) is 6.42. The molecule has 1 unspecified atom stereocenters. The maximum atomic E-state index is 11.9. The smallest absolute Gasteiger partial charge is 0.234 e. The van der Waals surface area contributed by atoms with Gasteiger partial charge in [-0.3, -0.25) is 9.78 Å². The molecule has 1 aromatic carbocycles. The van der Waals surface area contributed by atoms with E-state index in [1.807, 2.05) is 6.07 Å². The predicted molar refractivity (Wildman–Crippen MR) is 81.3 cm³/mol. The van der Waals surface area contributed by atoms with Crippen LogP contribution in [0.1, 0.15) is 6.92 Å². The van der Waals surface area contributed by atoms with Gasteiger partial charge < -0.3 is 11.1 Å². The molecule has 19 heavy (non-hydrogen) atoms. The van der Waals surface area contributed by atoms with Crippen molar-refractivity contribution in [2.75, 3.05) is 5.32 Å². The van der Waals surface area contributed by atoms with Crippen molar-refractivity contribution in [2.45, 2.75) is 6.92 Å². The van der Waals surface area contributed by atoms with Crippen LogP contribution in [0.4, 0.5) is 5.69 Å². The molecule has 0 aliphatic rings. The van der Waals surface area contributed by atoms with Crippen LogP contribution >= 0.6 is 23.8 Å². The van der Waals surface area contributed by atoms with E-state index < -0.39 is 5.92 Å². The third-order valence-corrected chi connectivity index (χ3v) is 3.48. The second kappa shape index (κ2) is 5.50.